The number of hydrogen-bond acceptors (Lipinski definition) is 5. The summed E-state index contributed by atoms with van der Waals surface area (Å²) in [5, 5.41) is 0.444. The molecule has 35 heavy (non-hydrogen) atoms. The third kappa shape index (κ3) is 5.56. The number of para-hydroxylation sites is 1. The summed E-state index contributed by atoms with van der Waals surface area (Å²) in [5.41, 5.74) is -1.71. The molecule has 186 valence electrons. The quantitative estimate of drug-likeness (QED) is 0.402. The average Bonchev–Trinajstić information content (AvgIpc) is 3.21. The number of halogens is 4. The van der Waals surface area contributed by atoms with Gasteiger partial charge in [0.2, 0.25) is 0 Å². The highest BCUT2D eigenvalue weighted by molar-refractivity contribution is 6.34. The Morgan fingerprint density at radius 2 is 1.89 bits per heavy atom. The van der Waals surface area contributed by atoms with Crippen LogP contribution in [-0.4, -0.2) is 35.8 Å². The zero-order chi connectivity index (χ0) is 25.5. The summed E-state index contributed by atoms with van der Waals surface area (Å²) < 4.78 is 57.5. The van der Waals surface area contributed by atoms with Crippen LogP contribution in [0.15, 0.2) is 51.7 Å². The summed E-state index contributed by atoms with van der Waals surface area (Å²) in [6.07, 6.45) is -5.33. The third-order valence-electron chi connectivity index (χ3n) is 5.37. The average molecular weight is 510 g/mol. The van der Waals surface area contributed by atoms with E-state index in [0.717, 1.165) is 12.1 Å². The van der Waals surface area contributed by atoms with Crippen molar-refractivity contribution in [3.63, 3.8) is 0 Å². The van der Waals surface area contributed by atoms with Crippen LogP contribution in [0, 0.1) is 0 Å². The summed E-state index contributed by atoms with van der Waals surface area (Å²) in [6.45, 7) is 5.70. The molecule has 1 amide bonds. The van der Waals surface area contributed by atoms with Gasteiger partial charge in [-0.1, -0.05) is 17.7 Å². The second-order valence-electron chi connectivity index (χ2n) is 9.26. The Labute approximate surface area is 204 Å². The van der Waals surface area contributed by atoms with Crippen LogP contribution in [0.1, 0.15) is 32.8 Å². The smallest absolute Gasteiger partial charge is 0.416 e. The van der Waals surface area contributed by atoms with Crippen LogP contribution in [0.25, 0.3) is 22.3 Å². The minimum Gasteiger partial charge on any atom is -0.488 e. The highest BCUT2D eigenvalue weighted by atomic mass is 35.5. The first-order valence-corrected chi connectivity index (χ1v) is 11.3. The maximum absolute atomic E-state index is 13.5. The number of carbonyl (C=O) groups is 1. The van der Waals surface area contributed by atoms with Crippen molar-refractivity contribution in [3.05, 3.63) is 63.3 Å². The van der Waals surface area contributed by atoms with Gasteiger partial charge in [-0.05, 0) is 51.1 Å². The van der Waals surface area contributed by atoms with Crippen LogP contribution in [0.2, 0.25) is 5.02 Å². The Hall–Kier alpha value is -3.20. The Bertz CT molecular complexity index is 1330. The SMILES string of the molecule is CC(C)(C)OC(=O)N1CC[C@H](Oc2cc(C(F)(F)F)ccc2-c2cc(=O)c3cccc(Cl)c3o2)C1. The van der Waals surface area contributed by atoms with Gasteiger partial charge in [-0.2, -0.15) is 13.2 Å². The van der Waals surface area contributed by atoms with E-state index in [4.69, 9.17) is 25.5 Å². The van der Waals surface area contributed by atoms with Gasteiger partial charge in [0.15, 0.2) is 11.0 Å². The van der Waals surface area contributed by atoms with Crippen molar-refractivity contribution in [2.45, 2.75) is 45.1 Å². The first-order valence-electron chi connectivity index (χ1n) is 10.9. The molecule has 1 aromatic heterocycles. The zero-order valence-corrected chi connectivity index (χ0v) is 20.0. The molecule has 1 fully saturated rings. The predicted octanol–water partition coefficient (Wildman–Crippen LogP) is 6.52. The summed E-state index contributed by atoms with van der Waals surface area (Å²) in [6, 6.07) is 8.83. The molecule has 0 bridgehead atoms. The van der Waals surface area contributed by atoms with Crippen LogP contribution in [-0.2, 0) is 10.9 Å². The lowest BCUT2D eigenvalue weighted by Crippen LogP contribution is -2.36. The van der Waals surface area contributed by atoms with E-state index in [2.05, 4.69) is 0 Å². The van der Waals surface area contributed by atoms with Crippen LogP contribution in [0.5, 0.6) is 5.75 Å². The number of benzene rings is 2. The van der Waals surface area contributed by atoms with Crippen molar-refractivity contribution < 1.29 is 31.9 Å². The Morgan fingerprint density at radius 3 is 2.57 bits per heavy atom. The number of fused-ring (bicyclic) bond motifs is 1. The molecule has 0 aliphatic carbocycles. The number of likely N-dealkylation sites (tertiary alicyclic amines) is 1. The number of nitrogens with zero attached hydrogens (tertiary/aromatic N) is 1. The van der Waals surface area contributed by atoms with Crippen molar-refractivity contribution in [3.8, 4) is 17.1 Å². The topological polar surface area (TPSA) is 69.0 Å². The van der Waals surface area contributed by atoms with Gasteiger partial charge in [-0.25, -0.2) is 4.79 Å². The van der Waals surface area contributed by atoms with E-state index in [1.807, 2.05) is 0 Å². The minimum atomic E-state index is -4.61. The summed E-state index contributed by atoms with van der Waals surface area (Å²) in [7, 11) is 0. The lowest BCUT2D eigenvalue weighted by Gasteiger charge is -2.24. The number of carbonyl (C=O) groups excluding carboxylic acids is 1. The standard InChI is InChI=1S/C25H23ClF3NO5/c1-24(2,3)35-23(32)30-10-9-15(13-30)33-20-11-14(25(27,28)29)7-8-17(20)21-12-19(31)16-5-4-6-18(26)22(16)34-21/h4-8,11-12,15H,9-10,13H2,1-3H3/t15-/m0/s1. The highest BCUT2D eigenvalue weighted by Gasteiger charge is 2.34. The third-order valence-corrected chi connectivity index (χ3v) is 5.67. The molecule has 1 saturated heterocycles. The van der Waals surface area contributed by atoms with Gasteiger partial charge in [-0.15, -0.1) is 0 Å². The second-order valence-corrected chi connectivity index (χ2v) is 9.66. The van der Waals surface area contributed by atoms with Gasteiger partial charge in [0.05, 0.1) is 28.1 Å². The lowest BCUT2D eigenvalue weighted by molar-refractivity contribution is -0.137. The molecule has 4 rings (SSSR count). The number of ether oxygens (including phenoxy) is 2. The maximum atomic E-state index is 13.5. The molecule has 0 N–H and O–H groups in total. The molecule has 2 aromatic carbocycles. The molecule has 1 aliphatic heterocycles. The van der Waals surface area contributed by atoms with Gasteiger partial charge in [-0.3, -0.25) is 4.79 Å². The van der Waals surface area contributed by atoms with Crippen molar-refractivity contribution >= 4 is 28.7 Å². The van der Waals surface area contributed by atoms with Gasteiger partial charge < -0.3 is 18.8 Å². The van der Waals surface area contributed by atoms with E-state index in [-0.39, 0.29) is 39.6 Å². The van der Waals surface area contributed by atoms with E-state index in [0.29, 0.717) is 13.0 Å². The number of rotatable bonds is 3. The first-order chi connectivity index (χ1) is 16.3. The van der Waals surface area contributed by atoms with Crippen molar-refractivity contribution in [1.29, 1.82) is 0 Å². The van der Waals surface area contributed by atoms with E-state index in [1.54, 1.807) is 39.0 Å². The normalized spacial score (nSPS) is 16.5. The number of hydrogen-bond donors (Lipinski definition) is 0. The predicted molar refractivity (Wildman–Crippen MR) is 125 cm³/mol. The highest BCUT2D eigenvalue weighted by Crippen LogP contribution is 2.39. The summed E-state index contributed by atoms with van der Waals surface area (Å²) in [4.78, 5) is 26.4. The van der Waals surface area contributed by atoms with Crippen molar-refractivity contribution in [2.24, 2.45) is 0 Å². The van der Waals surface area contributed by atoms with Gasteiger partial charge in [0.25, 0.3) is 0 Å². The van der Waals surface area contributed by atoms with Gasteiger partial charge in [0.1, 0.15) is 23.2 Å². The van der Waals surface area contributed by atoms with Crippen molar-refractivity contribution in [2.75, 3.05) is 13.1 Å². The molecule has 2 heterocycles. The van der Waals surface area contributed by atoms with E-state index in [1.165, 1.54) is 17.0 Å². The number of amides is 1. The fourth-order valence-corrected chi connectivity index (χ4v) is 3.98. The Morgan fingerprint density at radius 1 is 1.14 bits per heavy atom. The van der Waals surface area contributed by atoms with Crippen LogP contribution in [0.4, 0.5) is 18.0 Å². The van der Waals surface area contributed by atoms with Crippen LogP contribution < -0.4 is 10.2 Å². The molecule has 0 saturated carbocycles. The summed E-state index contributed by atoms with van der Waals surface area (Å²) in [5.74, 6) is -0.105. The minimum absolute atomic E-state index is 0.0151. The van der Waals surface area contributed by atoms with Crippen LogP contribution in [0.3, 0.4) is 0 Å². The fraction of sp³-hybridized carbons (Fsp3) is 0.360. The molecule has 0 radical (unpaired) electrons. The monoisotopic (exact) mass is 509 g/mol. The molecular formula is C25H23ClF3NO5. The molecule has 1 aliphatic rings. The maximum Gasteiger partial charge on any atom is 0.416 e. The van der Waals surface area contributed by atoms with E-state index in [9.17, 15) is 22.8 Å². The van der Waals surface area contributed by atoms with Gasteiger partial charge in [0, 0.05) is 19.0 Å². The number of alkyl halides is 3. The van der Waals surface area contributed by atoms with E-state index >= 15 is 0 Å². The molecule has 0 spiro atoms. The molecule has 0 unspecified atom stereocenters. The molecular weight excluding hydrogens is 487 g/mol. The fourth-order valence-electron chi connectivity index (χ4n) is 3.77. The lowest BCUT2D eigenvalue weighted by atomic mass is 10.1. The molecule has 3 aromatic rings. The van der Waals surface area contributed by atoms with Crippen molar-refractivity contribution in [1.82, 2.24) is 4.90 Å². The van der Waals surface area contributed by atoms with Gasteiger partial charge >= 0.3 is 12.3 Å². The molecule has 10 heteroatoms. The van der Waals surface area contributed by atoms with Crippen LogP contribution >= 0.6 is 11.6 Å². The largest absolute Gasteiger partial charge is 0.488 e. The summed E-state index contributed by atoms with van der Waals surface area (Å²) >= 11 is 6.18. The van der Waals surface area contributed by atoms with E-state index < -0.39 is 35.0 Å². The first kappa shape index (κ1) is 24.9. The second kappa shape index (κ2) is 9.11. The molecule has 6 nitrogen and oxygen atoms in total. The zero-order valence-electron chi connectivity index (χ0n) is 19.2. The Kier molecular flexibility index (Phi) is 6.48. The molecule has 1 atom stereocenters. The Balaban J connectivity index is 1.69.